The summed E-state index contributed by atoms with van der Waals surface area (Å²) in [7, 11) is -2.46. The average Bonchev–Trinajstić information content (AvgIpc) is 2.55. The van der Waals surface area contributed by atoms with Gasteiger partial charge < -0.3 is 14.8 Å². The second-order valence-electron chi connectivity index (χ2n) is 7.64. The lowest BCUT2D eigenvalue weighted by molar-refractivity contribution is -0.385. The highest BCUT2D eigenvalue weighted by molar-refractivity contribution is 9.10. The van der Waals surface area contributed by atoms with Gasteiger partial charge in [-0.25, -0.2) is 4.79 Å². The van der Waals surface area contributed by atoms with Crippen molar-refractivity contribution in [3.63, 3.8) is 0 Å². The number of benzene rings is 1. The summed E-state index contributed by atoms with van der Waals surface area (Å²) in [4.78, 5) is 22.7. The van der Waals surface area contributed by atoms with Gasteiger partial charge in [-0.3, -0.25) is 14.3 Å². The number of alkyl carbamates (subject to hydrolysis) is 1. The monoisotopic (exact) mass is 496 g/mol. The second kappa shape index (κ2) is 9.26. The molecule has 0 heterocycles. The summed E-state index contributed by atoms with van der Waals surface area (Å²) in [5.74, 6) is 0.144. The molecule has 0 saturated heterocycles. The van der Waals surface area contributed by atoms with Crippen molar-refractivity contribution in [2.24, 2.45) is 0 Å². The van der Waals surface area contributed by atoms with Crippen LogP contribution in [0.25, 0.3) is 0 Å². The van der Waals surface area contributed by atoms with Crippen molar-refractivity contribution in [2.45, 2.75) is 38.7 Å². The number of nitro benzene ring substituents is 1. The third-order valence-corrected chi connectivity index (χ3v) is 4.91. The Balaban J connectivity index is 3.35. The van der Waals surface area contributed by atoms with Crippen LogP contribution < -0.4 is 10.1 Å². The van der Waals surface area contributed by atoms with E-state index in [1.54, 1.807) is 27.7 Å². The van der Waals surface area contributed by atoms with E-state index in [0.717, 1.165) is 6.26 Å². The topological polar surface area (TPSA) is 134 Å². The Morgan fingerprint density at radius 1 is 1.28 bits per heavy atom. The zero-order valence-corrected chi connectivity index (χ0v) is 19.5. The van der Waals surface area contributed by atoms with E-state index < -0.39 is 32.2 Å². The van der Waals surface area contributed by atoms with E-state index in [0.29, 0.717) is 5.56 Å². The van der Waals surface area contributed by atoms with E-state index in [1.807, 2.05) is 0 Å². The molecular weight excluding hydrogens is 472 g/mol. The standard InChI is InChI=1S/C17H25BrN2O8S/c1-16(2,3)28-15(21)19-9-17(4,10-27-29(6,24)25)11-7-12(18)13(20(22)23)8-14(11)26-5/h7-8H,9-10H2,1-6H3,(H,19,21). The average molecular weight is 497 g/mol. The lowest BCUT2D eigenvalue weighted by atomic mass is 9.82. The van der Waals surface area contributed by atoms with Crippen LogP contribution in [0.3, 0.4) is 0 Å². The molecule has 1 N–H and O–H groups in total. The van der Waals surface area contributed by atoms with Gasteiger partial charge in [0.1, 0.15) is 11.4 Å². The third-order valence-electron chi connectivity index (χ3n) is 3.73. The van der Waals surface area contributed by atoms with E-state index in [2.05, 4.69) is 21.2 Å². The molecule has 0 radical (unpaired) electrons. The SMILES string of the molecule is COc1cc([N+](=O)[O-])c(Br)cc1C(C)(CNC(=O)OC(C)(C)C)COS(C)(=O)=O. The number of carbonyl (C=O) groups is 1. The van der Waals surface area contributed by atoms with E-state index >= 15 is 0 Å². The first-order chi connectivity index (χ1) is 13.1. The number of nitrogens with one attached hydrogen (secondary N) is 1. The molecule has 1 unspecified atom stereocenters. The van der Waals surface area contributed by atoms with Crippen molar-refractivity contribution in [1.82, 2.24) is 5.32 Å². The summed E-state index contributed by atoms with van der Waals surface area (Å²) in [6.07, 6.45) is 0.195. The Labute approximate surface area is 178 Å². The maximum Gasteiger partial charge on any atom is 0.407 e. The minimum atomic E-state index is -3.79. The summed E-state index contributed by atoms with van der Waals surface area (Å²) in [5, 5.41) is 13.8. The van der Waals surface area contributed by atoms with Gasteiger partial charge in [0.25, 0.3) is 15.8 Å². The van der Waals surface area contributed by atoms with Crippen LogP contribution >= 0.6 is 15.9 Å². The molecule has 1 aromatic rings. The highest BCUT2D eigenvalue weighted by atomic mass is 79.9. The van der Waals surface area contributed by atoms with Crippen LogP contribution in [0, 0.1) is 10.1 Å². The zero-order valence-electron chi connectivity index (χ0n) is 17.1. The first kappa shape index (κ1) is 25.1. The van der Waals surface area contributed by atoms with Crippen LogP contribution in [0.2, 0.25) is 0 Å². The van der Waals surface area contributed by atoms with Gasteiger partial charge in [0.15, 0.2) is 0 Å². The normalized spacial score (nSPS) is 14.0. The van der Waals surface area contributed by atoms with E-state index in [9.17, 15) is 23.3 Å². The molecule has 1 rings (SSSR count). The molecule has 10 nitrogen and oxygen atoms in total. The Morgan fingerprint density at radius 3 is 2.31 bits per heavy atom. The van der Waals surface area contributed by atoms with Crippen molar-refractivity contribution in [3.05, 3.63) is 32.3 Å². The van der Waals surface area contributed by atoms with Crippen LogP contribution in [-0.4, -0.2) is 51.6 Å². The van der Waals surface area contributed by atoms with Gasteiger partial charge >= 0.3 is 6.09 Å². The maximum absolute atomic E-state index is 12.1. The highest BCUT2D eigenvalue weighted by Crippen LogP contribution is 2.39. The van der Waals surface area contributed by atoms with Crippen molar-refractivity contribution in [1.29, 1.82) is 0 Å². The first-order valence-electron chi connectivity index (χ1n) is 8.41. The first-order valence-corrected chi connectivity index (χ1v) is 11.0. The fraction of sp³-hybridized carbons (Fsp3) is 0.588. The summed E-state index contributed by atoms with van der Waals surface area (Å²) in [6.45, 7) is 6.31. The molecule has 0 spiro atoms. The van der Waals surface area contributed by atoms with Crippen molar-refractivity contribution in [2.75, 3.05) is 26.5 Å². The fourth-order valence-electron chi connectivity index (χ4n) is 2.37. The number of nitro groups is 1. The molecule has 1 aromatic carbocycles. The van der Waals surface area contributed by atoms with Gasteiger partial charge in [0.2, 0.25) is 0 Å². The lowest BCUT2D eigenvalue weighted by Crippen LogP contribution is -2.44. The molecule has 164 valence electrons. The summed E-state index contributed by atoms with van der Waals surface area (Å²) in [6, 6.07) is 2.66. The summed E-state index contributed by atoms with van der Waals surface area (Å²) in [5.41, 5.74) is -1.67. The van der Waals surface area contributed by atoms with E-state index in [-0.39, 0.29) is 29.1 Å². The molecule has 29 heavy (non-hydrogen) atoms. The number of hydrogen-bond acceptors (Lipinski definition) is 8. The van der Waals surface area contributed by atoms with Crippen LogP contribution in [-0.2, 0) is 24.5 Å². The van der Waals surface area contributed by atoms with Crippen molar-refractivity contribution < 1.29 is 31.8 Å². The maximum atomic E-state index is 12.1. The Bertz CT molecular complexity index is 882. The van der Waals surface area contributed by atoms with Gasteiger partial charge in [0, 0.05) is 17.5 Å². The predicted octanol–water partition coefficient (Wildman–Crippen LogP) is 3.12. The zero-order chi connectivity index (χ0) is 22.6. The smallest absolute Gasteiger partial charge is 0.407 e. The minimum Gasteiger partial charge on any atom is -0.496 e. The molecule has 0 aliphatic carbocycles. The predicted molar refractivity (Wildman–Crippen MR) is 110 cm³/mol. The third kappa shape index (κ3) is 7.78. The Morgan fingerprint density at radius 2 is 1.86 bits per heavy atom. The number of hydrogen-bond donors (Lipinski definition) is 1. The van der Waals surface area contributed by atoms with Crippen LogP contribution in [0.15, 0.2) is 16.6 Å². The minimum absolute atomic E-state index is 0.0853. The molecule has 0 aliphatic rings. The summed E-state index contributed by atoms with van der Waals surface area (Å²) >= 11 is 3.15. The highest BCUT2D eigenvalue weighted by Gasteiger charge is 2.35. The number of carbonyl (C=O) groups excluding carboxylic acids is 1. The Hall–Kier alpha value is -1.92. The number of nitrogens with zero attached hydrogens (tertiary/aromatic N) is 1. The largest absolute Gasteiger partial charge is 0.496 e. The van der Waals surface area contributed by atoms with Crippen molar-refractivity contribution in [3.8, 4) is 5.75 Å². The molecule has 0 bridgehead atoms. The fourth-order valence-corrected chi connectivity index (χ4v) is 3.33. The van der Waals surface area contributed by atoms with Crippen molar-refractivity contribution >= 4 is 37.8 Å². The number of halogens is 1. The number of rotatable bonds is 8. The lowest BCUT2D eigenvalue weighted by Gasteiger charge is -2.31. The van der Waals surface area contributed by atoms with E-state index in [4.69, 9.17) is 13.7 Å². The number of ether oxygens (including phenoxy) is 2. The van der Waals surface area contributed by atoms with Crippen LogP contribution in [0.4, 0.5) is 10.5 Å². The molecule has 0 saturated carbocycles. The van der Waals surface area contributed by atoms with Gasteiger partial charge in [-0.1, -0.05) is 6.92 Å². The van der Waals surface area contributed by atoms with Gasteiger partial charge in [-0.2, -0.15) is 8.42 Å². The van der Waals surface area contributed by atoms with Crippen LogP contribution in [0.5, 0.6) is 5.75 Å². The molecule has 0 aromatic heterocycles. The van der Waals surface area contributed by atoms with Gasteiger partial charge in [-0.05, 0) is 42.8 Å². The molecule has 0 aliphatic heterocycles. The van der Waals surface area contributed by atoms with Gasteiger partial charge in [-0.15, -0.1) is 0 Å². The molecule has 1 atom stereocenters. The van der Waals surface area contributed by atoms with Gasteiger partial charge in [0.05, 0.1) is 35.4 Å². The molecule has 12 heteroatoms. The Kier molecular flexibility index (Phi) is 8.02. The van der Waals surface area contributed by atoms with E-state index in [1.165, 1.54) is 19.2 Å². The summed E-state index contributed by atoms with van der Waals surface area (Å²) < 4.78 is 38.7. The molecular formula is C17H25BrN2O8S. The number of amides is 1. The molecule has 1 amide bonds. The second-order valence-corrected chi connectivity index (χ2v) is 10.1. The van der Waals surface area contributed by atoms with Crippen LogP contribution in [0.1, 0.15) is 33.3 Å². The quantitative estimate of drug-likeness (QED) is 0.329. The number of methoxy groups -OCH3 is 1. The molecule has 0 fully saturated rings.